The van der Waals surface area contributed by atoms with E-state index in [1.165, 1.54) is 4.90 Å². The molecule has 1 N–H and O–H groups in total. The first-order valence-corrected chi connectivity index (χ1v) is 10.8. The third-order valence-electron chi connectivity index (χ3n) is 6.99. The first kappa shape index (κ1) is 18.4. The van der Waals surface area contributed by atoms with Gasteiger partial charge in [0.1, 0.15) is 6.04 Å². The summed E-state index contributed by atoms with van der Waals surface area (Å²) in [4.78, 5) is 40.3. The number of carbonyl (C=O) groups excluding carboxylic acids is 3. The molecule has 28 heavy (non-hydrogen) atoms. The van der Waals surface area contributed by atoms with Crippen molar-refractivity contribution < 1.29 is 14.4 Å². The number of likely N-dealkylation sites (tertiary alicyclic amines) is 1. The highest BCUT2D eigenvalue weighted by Gasteiger charge is 2.67. The van der Waals surface area contributed by atoms with Crippen molar-refractivity contribution >= 4 is 50.9 Å². The number of anilines is 1. The van der Waals surface area contributed by atoms with Gasteiger partial charge in [0.05, 0.1) is 16.9 Å². The lowest BCUT2D eigenvalue weighted by Crippen LogP contribution is -2.46. The third kappa shape index (κ3) is 2.47. The molecule has 3 amide bonds. The molecule has 5 aliphatic rings. The average molecular weight is 464 g/mol. The molecule has 1 aromatic carbocycles. The molecule has 1 aromatic rings. The molecule has 7 atom stereocenters. The minimum atomic E-state index is -0.858. The van der Waals surface area contributed by atoms with E-state index in [2.05, 4.69) is 33.4 Å². The fraction of sp³-hybridized carbons (Fsp3) is 0.476. The fourth-order valence-corrected chi connectivity index (χ4v) is 6.12. The van der Waals surface area contributed by atoms with Gasteiger partial charge >= 0.3 is 0 Å². The summed E-state index contributed by atoms with van der Waals surface area (Å²) in [5, 5.41) is 3.31. The SMILES string of the molecule is Cc1cc(Br)c(Cl)cc1NC(=O)[C@@H](C)N1C(=O)[C@@H]2[C@@H]3C=C[C@H]([C@H]4C[C@H]34)[C@@H]2C1=O. The second-order valence-electron chi connectivity index (χ2n) is 8.45. The Morgan fingerprint density at radius 1 is 1.18 bits per heavy atom. The molecule has 3 fully saturated rings. The second kappa shape index (κ2) is 6.17. The zero-order valence-corrected chi connectivity index (χ0v) is 17.8. The van der Waals surface area contributed by atoms with E-state index in [1.807, 2.05) is 13.0 Å². The van der Waals surface area contributed by atoms with Crippen LogP contribution in [0.3, 0.4) is 0 Å². The maximum atomic E-state index is 13.1. The van der Waals surface area contributed by atoms with E-state index in [4.69, 9.17) is 11.6 Å². The zero-order chi connectivity index (χ0) is 19.9. The molecule has 5 nitrogen and oxygen atoms in total. The fourth-order valence-electron chi connectivity index (χ4n) is 5.50. The molecule has 0 unspecified atom stereocenters. The van der Waals surface area contributed by atoms with Crippen LogP contribution in [0.1, 0.15) is 18.9 Å². The molecule has 2 bridgehead atoms. The number of aryl methyl sites for hydroxylation is 1. The van der Waals surface area contributed by atoms with Crippen LogP contribution in [-0.2, 0) is 14.4 Å². The summed E-state index contributed by atoms with van der Waals surface area (Å²) < 4.78 is 0.744. The minimum absolute atomic E-state index is 0.157. The molecule has 0 radical (unpaired) electrons. The average Bonchev–Trinajstić information content (AvgIpc) is 3.43. The molecule has 0 spiro atoms. The second-order valence-corrected chi connectivity index (χ2v) is 9.71. The number of rotatable bonds is 3. The van der Waals surface area contributed by atoms with Crippen LogP contribution in [0.5, 0.6) is 0 Å². The highest BCUT2D eigenvalue weighted by Crippen LogP contribution is 2.65. The molecule has 0 aromatic heterocycles. The monoisotopic (exact) mass is 462 g/mol. The van der Waals surface area contributed by atoms with Gasteiger partial charge in [-0.05, 0) is 77.6 Å². The molecule has 7 heteroatoms. The summed E-state index contributed by atoms with van der Waals surface area (Å²) in [6, 6.07) is 2.62. The summed E-state index contributed by atoms with van der Waals surface area (Å²) in [5.74, 6) is 0.0756. The highest BCUT2D eigenvalue weighted by molar-refractivity contribution is 9.10. The molecule has 146 valence electrons. The normalized spacial score (nSPS) is 35.6. The van der Waals surface area contributed by atoms with Crippen molar-refractivity contribution in [3.05, 3.63) is 39.3 Å². The van der Waals surface area contributed by atoms with E-state index in [1.54, 1.807) is 13.0 Å². The molecule has 4 aliphatic carbocycles. The maximum Gasteiger partial charge on any atom is 0.247 e. The van der Waals surface area contributed by atoms with Gasteiger partial charge in [0.15, 0.2) is 0 Å². The lowest BCUT2D eigenvalue weighted by molar-refractivity contribution is -0.146. The van der Waals surface area contributed by atoms with Gasteiger partial charge < -0.3 is 5.32 Å². The van der Waals surface area contributed by atoms with Gasteiger partial charge in [-0.1, -0.05) is 23.8 Å². The Bertz CT molecular complexity index is 925. The van der Waals surface area contributed by atoms with Crippen LogP contribution in [0.4, 0.5) is 5.69 Å². The number of benzene rings is 1. The number of halogens is 2. The Hall–Kier alpha value is -1.66. The molecule has 6 rings (SSSR count). The molecule has 1 aliphatic heterocycles. The van der Waals surface area contributed by atoms with Crippen molar-refractivity contribution in [1.29, 1.82) is 0 Å². The number of imide groups is 1. The van der Waals surface area contributed by atoms with Gasteiger partial charge in [0, 0.05) is 10.2 Å². The summed E-state index contributed by atoms with van der Waals surface area (Å²) >= 11 is 9.50. The first-order chi connectivity index (χ1) is 13.3. The smallest absolute Gasteiger partial charge is 0.247 e. The largest absolute Gasteiger partial charge is 0.324 e. The van der Waals surface area contributed by atoms with Gasteiger partial charge in [-0.2, -0.15) is 0 Å². The lowest BCUT2D eigenvalue weighted by Gasteiger charge is -2.37. The number of carbonyl (C=O) groups is 3. The Kier molecular flexibility index (Phi) is 4.05. The van der Waals surface area contributed by atoms with Crippen LogP contribution in [0.2, 0.25) is 5.02 Å². The van der Waals surface area contributed by atoms with Gasteiger partial charge in [-0.3, -0.25) is 19.3 Å². The number of nitrogens with zero attached hydrogens (tertiary/aromatic N) is 1. The zero-order valence-electron chi connectivity index (χ0n) is 15.5. The van der Waals surface area contributed by atoms with Crippen molar-refractivity contribution in [2.45, 2.75) is 26.3 Å². The predicted octanol–water partition coefficient (Wildman–Crippen LogP) is 3.79. The number of hydrogen-bond donors (Lipinski definition) is 1. The van der Waals surface area contributed by atoms with E-state index >= 15 is 0 Å². The van der Waals surface area contributed by atoms with Crippen molar-refractivity contribution in [3.8, 4) is 0 Å². The Labute approximate surface area is 176 Å². The van der Waals surface area contributed by atoms with Gasteiger partial charge in [-0.15, -0.1) is 0 Å². The number of amides is 3. The first-order valence-electron chi connectivity index (χ1n) is 9.61. The van der Waals surface area contributed by atoms with Crippen molar-refractivity contribution in [2.24, 2.45) is 35.5 Å². The standard InChI is InChI=1S/C21H20BrClN2O3/c1-8-5-14(22)15(23)7-16(8)24-19(26)9(2)25-20(27)17-10-3-4-11(13-6-12(10)13)18(17)21(25)28/h3-5,7,9-13,17-18H,6H2,1-2H3,(H,24,26)/t9-,10-,11-,12-,13-,17-,18+/m1/s1. The summed E-state index contributed by atoms with van der Waals surface area (Å²) in [6.07, 6.45) is 5.38. The maximum absolute atomic E-state index is 13.1. The Balaban J connectivity index is 1.38. The predicted molar refractivity (Wildman–Crippen MR) is 109 cm³/mol. The lowest BCUT2D eigenvalue weighted by atomic mass is 9.63. The number of nitrogens with one attached hydrogen (secondary N) is 1. The van der Waals surface area contributed by atoms with Crippen molar-refractivity contribution in [2.75, 3.05) is 5.32 Å². The van der Waals surface area contributed by atoms with E-state index in [0.717, 1.165) is 16.5 Å². The van der Waals surface area contributed by atoms with E-state index in [-0.39, 0.29) is 41.4 Å². The summed E-state index contributed by atoms with van der Waals surface area (Å²) in [5.41, 5.74) is 1.41. The van der Waals surface area contributed by atoms with Crippen LogP contribution in [0.25, 0.3) is 0 Å². The molecular formula is C21H20BrClN2O3. The van der Waals surface area contributed by atoms with E-state index < -0.39 is 6.04 Å². The van der Waals surface area contributed by atoms with Crippen LogP contribution in [-0.4, -0.2) is 28.7 Å². The number of hydrogen-bond acceptors (Lipinski definition) is 3. The van der Waals surface area contributed by atoms with Crippen LogP contribution in [0, 0.1) is 42.4 Å². The minimum Gasteiger partial charge on any atom is -0.324 e. The van der Waals surface area contributed by atoms with Gasteiger partial charge in [0.2, 0.25) is 17.7 Å². The Morgan fingerprint density at radius 2 is 1.75 bits per heavy atom. The highest BCUT2D eigenvalue weighted by atomic mass is 79.9. The van der Waals surface area contributed by atoms with E-state index in [0.29, 0.717) is 22.5 Å². The van der Waals surface area contributed by atoms with Crippen LogP contribution < -0.4 is 5.32 Å². The summed E-state index contributed by atoms with van der Waals surface area (Å²) in [7, 11) is 0. The molecular weight excluding hydrogens is 444 g/mol. The number of allylic oxidation sites excluding steroid dienone is 2. The Morgan fingerprint density at radius 3 is 2.32 bits per heavy atom. The summed E-state index contributed by atoms with van der Waals surface area (Å²) in [6.45, 7) is 3.48. The third-order valence-corrected chi connectivity index (χ3v) is 8.19. The van der Waals surface area contributed by atoms with Crippen molar-refractivity contribution in [3.63, 3.8) is 0 Å². The molecule has 2 saturated carbocycles. The van der Waals surface area contributed by atoms with Gasteiger partial charge in [0.25, 0.3) is 0 Å². The van der Waals surface area contributed by atoms with E-state index in [9.17, 15) is 14.4 Å². The van der Waals surface area contributed by atoms with Crippen LogP contribution >= 0.6 is 27.5 Å². The molecule has 1 heterocycles. The van der Waals surface area contributed by atoms with Crippen molar-refractivity contribution in [1.82, 2.24) is 4.90 Å². The van der Waals surface area contributed by atoms with Gasteiger partial charge in [-0.25, -0.2) is 0 Å². The molecule has 1 saturated heterocycles. The van der Waals surface area contributed by atoms with Crippen LogP contribution in [0.15, 0.2) is 28.8 Å². The topological polar surface area (TPSA) is 66.5 Å². The quantitative estimate of drug-likeness (QED) is 0.548.